The maximum Gasteiger partial charge on any atom is 0.294 e. The molecule has 0 radical (unpaired) electrons. The van der Waals surface area contributed by atoms with Crippen LogP contribution in [-0.2, 0) is 26.9 Å². The van der Waals surface area contributed by atoms with E-state index in [2.05, 4.69) is 52.9 Å². The molecular formula is C30H35ClN3O4S2+. The van der Waals surface area contributed by atoms with Gasteiger partial charge in [-0.3, -0.25) is 9.35 Å². The number of anilines is 1. The summed E-state index contributed by atoms with van der Waals surface area (Å²) in [6.07, 6.45) is 10.8. The molecule has 1 aliphatic rings. The molecule has 0 saturated heterocycles. The van der Waals surface area contributed by atoms with Crippen LogP contribution in [0.15, 0.2) is 71.3 Å². The van der Waals surface area contributed by atoms with Gasteiger partial charge in [-0.2, -0.15) is 13.0 Å². The Hall–Kier alpha value is -2.98. The third-order valence-corrected chi connectivity index (χ3v) is 9.29. The predicted octanol–water partition coefficient (Wildman–Crippen LogP) is 5.76. The summed E-state index contributed by atoms with van der Waals surface area (Å²) in [5.74, 6) is -0.300. The third kappa shape index (κ3) is 6.33. The van der Waals surface area contributed by atoms with Crippen LogP contribution in [0.2, 0.25) is 0 Å². The van der Waals surface area contributed by atoms with Gasteiger partial charge in [0, 0.05) is 42.0 Å². The van der Waals surface area contributed by atoms with Crippen molar-refractivity contribution in [3.8, 4) is 0 Å². The van der Waals surface area contributed by atoms with E-state index in [-0.39, 0.29) is 16.7 Å². The molecule has 0 aliphatic carbocycles. The summed E-state index contributed by atoms with van der Waals surface area (Å²) in [4.78, 5) is 13.6. The van der Waals surface area contributed by atoms with Crippen molar-refractivity contribution < 1.29 is 22.3 Å². The number of hydrogen-bond acceptors (Lipinski definition) is 5. The minimum absolute atomic E-state index is 0.0825. The fraction of sp³-hybridized carbons (Fsp3) is 0.333. The monoisotopic (exact) mass is 600 g/mol. The number of thiazole rings is 1. The van der Waals surface area contributed by atoms with Crippen molar-refractivity contribution >= 4 is 60.9 Å². The van der Waals surface area contributed by atoms with Gasteiger partial charge in [0.1, 0.15) is 17.1 Å². The lowest BCUT2D eigenvalue weighted by Gasteiger charge is -2.27. The smallest absolute Gasteiger partial charge is 0.294 e. The molecular weight excluding hydrogens is 566 g/mol. The number of rotatable bonds is 10. The maximum atomic E-state index is 11.8. The lowest BCUT2D eigenvalue weighted by Crippen LogP contribution is -2.33. The lowest BCUT2D eigenvalue weighted by molar-refractivity contribution is -0.665. The summed E-state index contributed by atoms with van der Waals surface area (Å²) in [6, 6.07) is 11.2. The van der Waals surface area contributed by atoms with Crippen LogP contribution >= 0.6 is 22.9 Å². The van der Waals surface area contributed by atoms with E-state index in [9.17, 15) is 17.8 Å². The minimum atomic E-state index is -4.33. The number of benzene rings is 2. The zero-order chi connectivity index (χ0) is 29.1. The van der Waals surface area contributed by atoms with Crippen LogP contribution in [0.4, 0.5) is 5.69 Å². The van der Waals surface area contributed by atoms with Gasteiger partial charge >= 0.3 is 0 Å². The van der Waals surface area contributed by atoms with Gasteiger partial charge in [-0.25, -0.2) is 0 Å². The van der Waals surface area contributed by atoms with Crippen LogP contribution in [0, 0.1) is 6.92 Å². The summed E-state index contributed by atoms with van der Waals surface area (Å²) >= 11 is 7.35. The summed E-state index contributed by atoms with van der Waals surface area (Å²) in [5, 5.41) is 3.96. The van der Waals surface area contributed by atoms with E-state index in [1.807, 2.05) is 38.2 Å². The van der Waals surface area contributed by atoms with E-state index in [0.29, 0.717) is 19.5 Å². The Labute approximate surface area is 245 Å². The highest BCUT2D eigenvalue weighted by Crippen LogP contribution is 2.48. The van der Waals surface area contributed by atoms with Gasteiger partial charge in [-0.1, -0.05) is 49.5 Å². The number of carbonyl (C=O) groups excluding carboxylic acids is 1. The van der Waals surface area contributed by atoms with Crippen LogP contribution in [0.1, 0.15) is 43.3 Å². The number of halogens is 1. The molecule has 0 fully saturated rings. The summed E-state index contributed by atoms with van der Waals surface area (Å²) < 4.78 is 36.9. The zero-order valence-electron chi connectivity index (χ0n) is 23.1. The third-order valence-electron chi connectivity index (χ3n) is 7.08. The van der Waals surface area contributed by atoms with E-state index >= 15 is 0 Å². The number of amides is 1. The molecule has 0 atom stereocenters. The first-order chi connectivity index (χ1) is 19.0. The number of nitrogens with one attached hydrogen (secondary N) is 1. The Morgan fingerprint density at radius 3 is 2.65 bits per heavy atom. The van der Waals surface area contributed by atoms with Crippen molar-refractivity contribution in [3.63, 3.8) is 0 Å². The first kappa shape index (κ1) is 30.0. The lowest BCUT2D eigenvalue weighted by atomic mass is 9.83. The van der Waals surface area contributed by atoms with Crippen LogP contribution < -0.4 is 14.8 Å². The highest BCUT2D eigenvalue weighted by molar-refractivity contribution is 7.85. The first-order valence-corrected chi connectivity index (χ1v) is 16.0. The second-order valence-corrected chi connectivity index (χ2v) is 13.0. The molecule has 2 heterocycles. The van der Waals surface area contributed by atoms with Crippen molar-refractivity contribution in [1.82, 2.24) is 5.32 Å². The highest BCUT2D eigenvalue weighted by Gasteiger charge is 2.40. The van der Waals surface area contributed by atoms with E-state index < -0.39 is 15.5 Å². The van der Waals surface area contributed by atoms with Crippen molar-refractivity contribution in [2.45, 2.75) is 51.0 Å². The van der Waals surface area contributed by atoms with Crippen LogP contribution in [-0.4, -0.2) is 37.8 Å². The largest absolute Gasteiger partial charge is 0.355 e. The first-order valence-electron chi connectivity index (χ1n) is 13.2. The summed E-state index contributed by atoms with van der Waals surface area (Å²) in [5.41, 5.74) is 4.64. The number of allylic oxidation sites excluding steroid dienone is 5. The Bertz CT molecular complexity index is 1620. The van der Waals surface area contributed by atoms with Gasteiger partial charge < -0.3 is 10.2 Å². The molecule has 2 N–H and O–H groups in total. The molecule has 1 aromatic heterocycles. The maximum absolute atomic E-state index is 11.8. The van der Waals surface area contributed by atoms with Crippen LogP contribution in [0.5, 0.6) is 0 Å². The molecule has 212 valence electrons. The molecule has 1 aliphatic heterocycles. The topological polar surface area (TPSA) is 90.6 Å². The van der Waals surface area contributed by atoms with Gasteiger partial charge in [-0.05, 0) is 61.7 Å². The molecule has 4 rings (SSSR count). The average Bonchev–Trinajstić information content (AvgIpc) is 3.36. The van der Waals surface area contributed by atoms with Gasteiger partial charge in [-0.15, -0.1) is 11.6 Å². The molecule has 40 heavy (non-hydrogen) atoms. The molecule has 7 nitrogen and oxygen atoms in total. The number of fused-ring (bicyclic) bond motifs is 2. The van der Waals surface area contributed by atoms with Crippen molar-refractivity contribution in [2.24, 2.45) is 0 Å². The quantitative estimate of drug-likeness (QED) is 0.102. The summed E-state index contributed by atoms with van der Waals surface area (Å²) in [7, 11) is -4.33. The molecule has 0 saturated carbocycles. The molecule has 10 heteroatoms. The second-order valence-electron chi connectivity index (χ2n) is 10.2. The van der Waals surface area contributed by atoms with Gasteiger partial charge in [0.05, 0.1) is 4.90 Å². The fourth-order valence-corrected chi connectivity index (χ4v) is 6.92. The van der Waals surface area contributed by atoms with Crippen LogP contribution in [0.25, 0.3) is 16.3 Å². The van der Waals surface area contributed by atoms with E-state index in [0.717, 1.165) is 23.5 Å². The zero-order valence-corrected chi connectivity index (χ0v) is 25.5. The Balaban J connectivity index is 1.61. The van der Waals surface area contributed by atoms with E-state index in [4.69, 9.17) is 11.6 Å². The molecule has 0 unspecified atom stereocenters. The van der Waals surface area contributed by atoms with Crippen molar-refractivity contribution in [2.75, 3.05) is 23.9 Å². The SMILES string of the molecule is CC[n+]1c(/C=C/C=C/C=C2\N(CCCNC(=O)CCl)c3ccc(S(=O)(=O)O)cc3C2(C)C)sc2cc(C)ccc21. The number of aromatic nitrogens is 1. The van der Waals surface area contributed by atoms with Crippen molar-refractivity contribution in [3.05, 3.63) is 82.5 Å². The Morgan fingerprint density at radius 1 is 1.18 bits per heavy atom. The Morgan fingerprint density at radius 2 is 1.95 bits per heavy atom. The van der Waals surface area contributed by atoms with Gasteiger partial charge in [0.2, 0.25) is 11.4 Å². The second kappa shape index (κ2) is 12.3. The highest BCUT2D eigenvalue weighted by atomic mass is 35.5. The van der Waals surface area contributed by atoms with E-state index in [1.165, 1.54) is 26.9 Å². The number of alkyl halides is 1. The molecule has 0 spiro atoms. The molecule has 1 amide bonds. The molecule has 3 aromatic rings. The number of carbonyl (C=O) groups is 1. The fourth-order valence-electron chi connectivity index (χ4n) is 5.08. The molecule has 2 aromatic carbocycles. The van der Waals surface area contributed by atoms with Crippen molar-refractivity contribution in [1.29, 1.82) is 0 Å². The number of aryl methyl sites for hydroxylation is 2. The Kier molecular flexibility index (Phi) is 9.19. The molecule has 0 bridgehead atoms. The standard InChI is InChI=1S/C30H34ClN3O4S2/c1-5-33-25-14-12-21(2)18-26(25)39-29(33)11-8-6-7-10-27-30(3,4)23-19-22(40(36,37)38)13-15-24(23)34(27)17-9-16-32-28(35)20-31/h6-8,10-15,18-19H,5,9,16-17,20H2,1-4H3,(H-,32,35,36,37,38)/p+1. The average molecular weight is 601 g/mol. The van der Waals surface area contributed by atoms with Crippen LogP contribution in [0.3, 0.4) is 0 Å². The number of hydrogen-bond donors (Lipinski definition) is 2. The van der Waals surface area contributed by atoms with Gasteiger partial charge in [0.15, 0.2) is 0 Å². The normalized spacial score (nSPS) is 16.1. The van der Waals surface area contributed by atoms with E-state index in [1.54, 1.807) is 23.5 Å². The summed E-state index contributed by atoms with van der Waals surface area (Å²) in [6.45, 7) is 10.3. The number of nitrogens with zero attached hydrogens (tertiary/aromatic N) is 2. The van der Waals surface area contributed by atoms with Gasteiger partial charge in [0.25, 0.3) is 15.1 Å². The predicted molar refractivity (Wildman–Crippen MR) is 164 cm³/mol. The minimum Gasteiger partial charge on any atom is -0.355 e.